The molecule has 4 heteroatoms. The van der Waals surface area contributed by atoms with Crippen molar-refractivity contribution in [2.75, 3.05) is 18.6 Å². The van der Waals surface area contributed by atoms with E-state index in [4.69, 9.17) is 16.3 Å². The van der Waals surface area contributed by atoms with Crippen molar-refractivity contribution in [2.45, 2.75) is 5.88 Å². The number of hydrogen-bond donors (Lipinski definition) is 0. The Morgan fingerprint density at radius 2 is 2.29 bits per heavy atom. The lowest BCUT2D eigenvalue weighted by atomic mass is 10.2. The largest absolute Gasteiger partial charge is 0.492 e. The lowest BCUT2D eigenvalue weighted by Crippen LogP contribution is -2.00. The van der Waals surface area contributed by atoms with Gasteiger partial charge < -0.3 is 4.74 Å². The third-order valence-corrected chi connectivity index (χ3v) is 3.20. The number of ether oxygens (including phenoxy) is 1. The Labute approximate surface area is 102 Å². The third-order valence-electron chi connectivity index (χ3n) is 1.70. The van der Waals surface area contributed by atoms with Gasteiger partial charge in [-0.25, -0.2) is 0 Å². The van der Waals surface area contributed by atoms with Crippen molar-refractivity contribution in [1.29, 1.82) is 0 Å². The summed E-state index contributed by atoms with van der Waals surface area (Å²) in [7, 11) is 0. The number of rotatable bonds is 5. The second-order valence-electron chi connectivity index (χ2n) is 2.74. The first-order valence-corrected chi connectivity index (χ1v) is 6.96. The van der Waals surface area contributed by atoms with Gasteiger partial charge in [-0.3, -0.25) is 0 Å². The first kappa shape index (κ1) is 12.2. The summed E-state index contributed by atoms with van der Waals surface area (Å²) in [4.78, 5) is 0. The van der Waals surface area contributed by atoms with E-state index in [0.717, 1.165) is 28.1 Å². The van der Waals surface area contributed by atoms with E-state index in [9.17, 15) is 0 Å². The van der Waals surface area contributed by atoms with Crippen LogP contribution in [0.25, 0.3) is 0 Å². The zero-order chi connectivity index (χ0) is 10.4. The number of halogens is 2. The molecule has 1 aromatic rings. The van der Waals surface area contributed by atoms with E-state index in [1.807, 2.05) is 18.2 Å². The molecule has 0 aliphatic carbocycles. The van der Waals surface area contributed by atoms with Gasteiger partial charge in [0, 0.05) is 11.6 Å². The molecule has 0 heterocycles. The Morgan fingerprint density at radius 3 is 2.86 bits per heavy atom. The SMILES string of the molecule is CSCCOc1ccc(CCl)cc1Br. The molecule has 0 unspecified atom stereocenters. The molecule has 0 aliphatic rings. The summed E-state index contributed by atoms with van der Waals surface area (Å²) >= 11 is 10.9. The molecule has 14 heavy (non-hydrogen) atoms. The van der Waals surface area contributed by atoms with Crippen LogP contribution in [0.2, 0.25) is 0 Å². The maximum absolute atomic E-state index is 5.71. The Kier molecular flexibility index (Phi) is 5.75. The molecule has 0 amide bonds. The van der Waals surface area contributed by atoms with Crippen molar-refractivity contribution in [1.82, 2.24) is 0 Å². The Hall–Kier alpha value is 0.140. The van der Waals surface area contributed by atoms with Crippen molar-refractivity contribution < 1.29 is 4.74 Å². The van der Waals surface area contributed by atoms with Gasteiger partial charge in [-0.05, 0) is 39.9 Å². The standard InChI is InChI=1S/C10H12BrClOS/c1-14-5-4-13-10-3-2-8(7-12)6-9(10)11/h2-3,6H,4-5,7H2,1H3. The summed E-state index contributed by atoms with van der Waals surface area (Å²) < 4.78 is 6.54. The molecule has 0 fully saturated rings. The minimum absolute atomic E-state index is 0.531. The number of benzene rings is 1. The van der Waals surface area contributed by atoms with Crippen molar-refractivity contribution in [3.8, 4) is 5.75 Å². The third kappa shape index (κ3) is 3.71. The van der Waals surface area contributed by atoms with Gasteiger partial charge in [0.2, 0.25) is 0 Å². The lowest BCUT2D eigenvalue weighted by Gasteiger charge is -2.08. The van der Waals surface area contributed by atoms with Gasteiger partial charge in [-0.1, -0.05) is 6.07 Å². The minimum Gasteiger partial charge on any atom is -0.492 e. The molecule has 0 bridgehead atoms. The molecule has 1 aromatic carbocycles. The summed E-state index contributed by atoms with van der Waals surface area (Å²) in [6, 6.07) is 5.91. The highest BCUT2D eigenvalue weighted by molar-refractivity contribution is 9.10. The van der Waals surface area contributed by atoms with Crippen molar-refractivity contribution in [3.05, 3.63) is 28.2 Å². The summed E-state index contributed by atoms with van der Waals surface area (Å²) in [6.07, 6.45) is 2.06. The highest BCUT2D eigenvalue weighted by Crippen LogP contribution is 2.26. The monoisotopic (exact) mass is 294 g/mol. The summed E-state index contributed by atoms with van der Waals surface area (Å²) in [5.41, 5.74) is 1.09. The fourth-order valence-electron chi connectivity index (χ4n) is 0.979. The molecule has 0 spiro atoms. The van der Waals surface area contributed by atoms with Gasteiger partial charge in [-0.15, -0.1) is 11.6 Å². The number of hydrogen-bond acceptors (Lipinski definition) is 2. The predicted molar refractivity (Wildman–Crippen MR) is 67.6 cm³/mol. The summed E-state index contributed by atoms with van der Waals surface area (Å²) in [6.45, 7) is 0.736. The van der Waals surface area contributed by atoms with Crippen molar-refractivity contribution in [3.63, 3.8) is 0 Å². The molecule has 0 saturated carbocycles. The molecule has 0 atom stereocenters. The Bertz CT molecular complexity index is 293. The van der Waals surface area contributed by atoms with Crippen molar-refractivity contribution in [2.24, 2.45) is 0 Å². The smallest absolute Gasteiger partial charge is 0.133 e. The summed E-state index contributed by atoms with van der Waals surface area (Å²) in [5, 5.41) is 0. The van der Waals surface area contributed by atoms with E-state index in [2.05, 4.69) is 22.2 Å². The highest BCUT2D eigenvalue weighted by atomic mass is 79.9. The molecule has 1 rings (SSSR count). The molecule has 0 radical (unpaired) electrons. The van der Waals surface area contributed by atoms with E-state index < -0.39 is 0 Å². The Morgan fingerprint density at radius 1 is 1.50 bits per heavy atom. The van der Waals surface area contributed by atoms with Gasteiger partial charge in [0.25, 0.3) is 0 Å². The zero-order valence-electron chi connectivity index (χ0n) is 7.93. The molecular weight excluding hydrogens is 284 g/mol. The van der Waals surface area contributed by atoms with Gasteiger partial charge in [0.05, 0.1) is 11.1 Å². The normalized spacial score (nSPS) is 10.2. The molecule has 1 nitrogen and oxygen atoms in total. The molecule has 0 saturated heterocycles. The van der Waals surface area contributed by atoms with E-state index in [0.29, 0.717) is 5.88 Å². The fourth-order valence-corrected chi connectivity index (χ4v) is 1.94. The van der Waals surface area contributed by atoms with Crippen LogP contribution in [-0.2, 0) is 5.88 Å². The zero-order valence-corrected chi connectivity index (χ0v) is 11.1. The second kappa shape index (κ2) is 6.59. The van der Waals surface area contributed by atoms with Gasteiger partial charge in [0.15, 0.2) is 0 Å². The van der Waals surface area contributed by atoms with E-state index in [1.165, 1.54) is 0 Å². The van der Waals surface area contributed by atoms with E-state index >= 15 is 0 Å². The predicted octanol–water partition coefficient (Wildman–Crippen LogP) is 3.93. The Balaban J connectivity index is 2.59. The topological polar surface area (TPSA) is 9.23 Å². The van der Waals surface area contributed by atoms with E-state index in [1.54, 1.807) is 11.8 Å². The maximum atomic E-state index is 5.71. The van der Waals surface area contributed by atoms with Crippen molar-refractivity contribution >= 4 is 39.3 Å². The number of thioether (sulfide) groups is 1. The van der Waals surface area contributed by atoms with Crippen LogP contribution in [0.3, 0.4) is 0 Å². The number of alkyl halides is 1. The van der Waals surface area contributed by atoms with E-state index in [-0.39, 0.29) is 0 Å². The maximum Gasteiger partial charge on any atom is 0.133 e. The van der Waals surface area contributed by atoms with Crippen LogP contribution in [0.1, 0.15) is 5.56 Å². The van der Waals surface area contributed by atoms with Crippen LogP contribution in [0, 0.1) is 0 Å². The molecular formula is C10H12BrClOS. The molecule has 78 valence electrons. The lowest BCUT2D eigenvalue weighted by molar-refractivity contribution is 0.342. The van der Waals surface area contributed by atoms with Crippen LogP contribution in [-0.4, -0.2) is 18.6 Å². The average Bonchev–Trinajstić information content (AvgIpc) is 2.20. The highest BCUT2D eigenvalue weighted by Gasteiger charge is 2.01. The van der Waals surface area contributed by atoms with Crippen LogP contribution in [0.4, 0.5) is 0 Å². The molecule has 0 aliphatic heterocycles. The first-order valence-electron chi connectivity index (χ1n) is 4.24. The minimum atomic E-state index is 0.531. The molecule has 0 N–H and O–H groups in total. The molecule has 0 aromatic heterocycles. The van der Waals surface area contributed by atoms with Crippen LogP contribution in [0.15, 0.2) is 22.7 Å². The fraction of sp³-hybridized carbons (Fsp3) is 0.400. The average molecular weight is 296 g/mol. The summed E-state index contributed by atoms with van der Waals surface area (Å²) in [5.74, 6) is 2.42. The van der Waals surface area contributed by atoms with Crippen LogP contribution in [0.5, 0.6) is 5.75 Å². The van der Waals surface area contributed by atoms with Gasteiger partial charge in [-0.2, -0.15) is 11.8 Å². The first-order chi connectivity index (χ1) is 6.77. The van der Waals surface area contributed by atoms with Gasteiger partial charge in [0.1, 0.15) is 5.75 Å². The van der Waals surface area contributed by atoms with Crippen LogP contribution < -0.4 is 4.74 Å². The quantitative estimate of drug-likeness (QED) is 0.601. The van der Waals surface area contributed by atoms with Crippen LogP contribution >= 0.6 is 39.3 Å². The second-order valence-corrected chi connectivity index (χ2v) is 4.85. The van der Waals surface area contributed by atoms with Gasteiger partial charge >= 0.3 is 0 Å².